The van der Waals surface area contributed by atoms with Crippen molar-refractivity contribution in [1.82, 2.24) is 10.2 Å². The van der Waals surface area contributed by atoms with Crippen LogP contribution in [0.1, 0.15) is 49.3 Å². The quantitative estimate of drug-likeness (QED) is 0.718. The van der Waals surface area contributed by atoms with Crippen LogP contribution in [-0.2, 0) is 22.6 Å². The van der Waals surface area contributed by atoms with Gasteiger partial charge in [-0.1, -0.05) is 54.8 Å². The van der Waals surface area contributed by atoms with Crippen molar-refractivity contribution in [3.63, 3.8) is 0 Å². The highest BCUT2D eigenvalue weighted by molar-refractivity contribution is 5.88. The number of nitrogens with zero attached hydrogens (tertiary/aromatic N) is 1. The number of methoxy groups -OCH3 is 1. The van der Waals surface area contributed by atoms with Gasteiger partial charge in [-0.05, 0) is 49.9 Å². The van der Waals surface area contributed by atoms with Gasteiger partial charge >= 0.3 is 0 Å². The predicted octanol–water partition coefficient (Wildman–Crippen LogP) is 4.02. The first kappa shape index (κ1) is 21.9. The number of benzene rings is 2. The highest BCUT2D eigenvalue weighted by Gasteiger charge is 2.28. The smallest absolute Gasteiger partial charge is 0.242 e. The van der Waals surface area contributed by atoms with E-state index in [1.807, 2.05) is 62.4 Å². The minimum absolute atomic E-state index is 0.0521. The maximum atomic E-state index is 13.2. The second kappa shape index (κ2) is 10.3. The number of ether oxygens (including phenoxy) is 1. The van der Waals surface area contributed by atoms with Crippen molar-refractivity contribution in [2.24, 2.45) is 0 Å². The molecule has 30 heavy (non-hydrogen) atoms. The summed E-state index contributed by atoms with van der Waals surface area (Å²) in [5.41, 5.74) is 3.08. The SMILES string of the molecule is COc1ccc(CN(C(=O)Cc2ccc(C)cc2)C(C)C(=O)NC2CCCC2)cc1. The summed E-state index contributed by atoms with van der Waals surface area (Å²) in [6, 6.07) is 15.3. The molecule has 1 saturated carbocycles. The van der Waals surface area contributed by atoms with Gasteiger partial charge in [0, 0.05) is 12.6 Å². The topological polar surface area (TPSA) is 58.6 Å². The molecular formula is C25H32N2O3. The second-order valence-corrected chi connectivity index (χ2v) is 8.20. The number of aryl methyl sites for hydroxylation is 1. The van der Waals surface area contributed by atoms with Crippen LogP contribution in [-0.4, -0.2) is 35.9 Å². The molecule has 3 rings (SSSR count). The monoisotopic (exact) mass is 408 g/mol. The van der Waals surface area contributed by atoms with Crippen LogP contribution < -0.4 is 10.1 Å². The summed E-state index contributed by atoms with van der Waals surface area (Å²) in [6.45, 7) is 4.23. The Bertz CT molecular complexity index is 840. The third kappa shape index (κ3) is 5.85. The predicted molar refractivity (Wildman–Crippen MR) is 118 cm³/mol. The molecule has 2 amide bonds. The molecule has 0 saturated heterocycles. The van der Waals surface area contributed by atoms with E-state index >= 15 is 0 Å². The van der Waals surface area contributed by atoms with Crippen molar-refractivity contribution in [2.45, 2.75) is 64.6 Å². The maximum absolute atomic E-state index is 13.2. The molecule has 1 N–H and O–H groups in total. The van der Waals surface area contributed by atoms with E-state index in [2.05, 4.69) is 5.32 Å². The Morgan fingerprint density at radius 3 is 2.23 bits per heavy atom. The third-order valence-corrected chi connectivity index (χ3v) is 5.86. The minimum atomic E-state index is -0.536. The van der Waals surface area contributed by atoms with Gasteiger partial charge in [0.15, 0.2) is 0 Å². The zero-order chi connectivity index (χ0) is 21.5. The first-order chi connectivity index (χ1) is 14.5. The lowest BCUT2D eigenvalue weighted by Gasteiger charge is -2.30. The van der Waals surface area contributed by atoms with E-state index in [-0.39, 0.29) is 24.3 Å². The molecule has 5 nitrogen and oxygen atoms in total. The molecule has 1 atom stereocenters. The number of rotatable bonds is 8. The molecule has 0 aliphatic heterocycles. The number of carbonyl (C=O) groups is 2. The van der Waals surface area contributed by atoms with Crippen molar-refractivity contribution in [2.75, 3.05) is 7.11 Å². The Labute approximate surface area is 179 Å². The molecule has 160 valence electrons. The third-order valence-electron chi connectivity index (χ3n) is 5.86. The van der Waals surface area contributed by atoms with E-state index in [1.165, 1.54) is 0 Å². The number of hydrogen-bond donors (Lipinski definition) is 1. The van der Waals surface area contributed by atoms with Gasteiger partial charge in [-0.3, -0.25) is 9.59 Å². The van der Waals surface area contributed by atoms with E-state index in [0.29, 0.717) is 6.54 Å². The molecule has 2 aromatic carbocycles. The summed E-state index contributed by atoms with van der Waals surface area (Å²) in [4.78, 5) is 27.8. The molecule has 0 radical (unpaired) electrons. The Morgan fingerprint density at radius 2 is 1.63 bits per heavy atom. The average Bonchev–Trinajstić information content (AvgIpc) is 3.26. The number of carbonyl (C=O) groups excluding carboxylic acids is 2. The first-order valence-electron chi connectivity index (χ1n) is 10.7. The fourth-order valence-corrected chi connectivity index (χ4v) is 3.88. The zero-order valence-electron chi connectivity index (χ0n) is 18.2. The second-order valence-electron chi connectivity index (χ2n) is 8.20. The molecule has 1 unspecified atom stereocenters. The summed E-state index contributed by atoms with van der Waals surface area (Å²) >= 11 is 0. The van der Waals surface area contributed by atoms with Crippen molar-refractivity contribution in [3.8, 4) is 5.75 Å². The van der Waals surface area contributed by atoms with Crippen LogP contribution in [0.25, 0.3) is 0 Å². The average molecular weight is 409 g/mol. The molecule has 1 aliphatic carbocycles. The first-order valence-corrected chi connectivity index (χ1v) is 10.7. The van der Waals surface area contributed by atoms with Crippen LogP contribution in [0.5, 0.6) is 5.75 Å². The zero-order valence-corrected chi connectivity index (χ0v) is 18.2. The fourth-order valence-electron chi connectivity index (χ4n) is 3.88. The van der Waals surface area contributed by atoms with Gasteiger partial charge in [-0.25, -0.2) is 0 Å². The lowest BCUT2D eigenvalue weighted by Crippen LogP contribution is -2.50. The Morgan fingerprint density at radius 1 is 1.03 bits per heavy atom. The summed E-state index contributed by atoms with van der Waals surface area (Å²) in [5.74, 6) is 0.639. The summed E-state index contributed by atoms with van der Waals surface area (Å²) < 4.78 is 5.23. The normalized spacial score (nSPS) is 14.9. The van der Waals surface area contributed by atoms with E-state index in [0.717, 1.165) is 48.1 Å². The molecule has 5 heteroatoms. The maximum Gasteiger partial charge on any atom is 0.242 e. The molecular weight excluding hydrogens is 376 g/mol. The number of nitrogens with one attached hydrogen (secondary N) is 1. The van der Waals surface area contributed by atoms with Gasteiger partial charge in [0.25, 0.3) is 0 Å². The van der Waals surface area contributed by atoms with Gasteiger partial charge in [0.05, 0.1) is 13.5 Å². The van der Waals surface area contributed by atoms with Gasteiger partial charge in [0.1, 0.15) is 11.8 Å². The lowest BCUT2D eigenvalue weighted by molar-refractivity contribution is -0.140. The lowest BCUT2D eigenvalue weighted by atomic mass is 10.1. The van der Waals surface area contributed by atoms with Crippen molar-refractivity contribution in [3.05, 3.63) is 65.2 Å². The summed E-state index contributed by atoms with van der Waals surface area (Å²) in [6.07, 6.45) is 4.63. The Hall–Kier alpha value is -2.82. The van der Waals surface area contributed by atoms with Crippen LogP contribution in [0.2, 0.25) is 0 Å². The summed E-state index contributed by atoms with van der Waals surface area (Å²) in [5, 5.41) is 3.14. The molecule has 1 aliphatic rings. The van der Waals surface area contributed by atoms with Crippen LogP contribution in [0.15, 0.2) is 48.5 Å². The largest absolute Gasteiger partial charge is 0.497 e. The van der Waals surface area contributed by atoms with Gasteiger partial charge in [-0.2, -0.15) is 0 Å². The summed E-state index contributed by atoms with van der Waals surface area (Å²) in [7, 11) is 1.63. The fraction of sp³-hybridized carbons (Fsp3) is 0.440. The Kier molecular flexibility index (Phi) is 7.50. The van der Waals surface area contributed by atoms with Crippen LogP contribution in [0, 0.1) is 6.92 Å². The molecule has 0 spiro atoms. The van der Waals surface area contributed by atoms with E-state index in [1.54, 1.807) is 12.0 Å². The number of amides is 2. The molecule has 0 bridgehead atoms. The van der Waals surface area contributed by atoms with E-state index in [9.17, 15) is 9.59 Å². The van der Waals surface area contributed by atoms with Crippen molar-refractivity contribution >= 4 is 11.8 Å². The molecule has 0 heterocycles. The van der Waals surface area contributed by atoms with E-state index < -0.39 is 6.04 Å². The van der Waals surface area contributed by atoms with Gasteiger partial charge in [0.2, 0.25) is 11.8 Å². The standard InChI is InChI=1S/C25H32N2O3/c1-18-8-10-20(11-9-18)16-24(28)27(17-21-12-14-23(30-3)15-13-21)19(2)25(29)26-22-6-4-5-7-22/h8-15,19,22H,4-7,16-17H2,1-3H3,(H,26,29). The molecule has 1 fully saturated rings. The highest BCUT2D eigenvalue weighted by atomic mass is 16.5. The Balaban J connectivity index is 1.75. The molecule has 2 aromatic rings. The van der Waals surface area contributed by atoms with Gasteiger partial charge in [-0.15, -0.1) is 0 Å². The van der Waals surface area contributed by atoms with Crippen molar-refractivity contribution in [1.29, 1.82) is 0 Å². The number of hydrogen-bond acceptors (Lipinski definition) is 3. The van der Waals surface area contributed by atoms with E-state index in [4.69, 9.17) is 4.74 Å². The van der Waals surface area contributed by atoms with Crippen LogP contribution >= 0.6 is 0 Å². The van der Waals surface area contributed by atoms with Gasteiger partial charge < -0.3 is 15.0 Å². The highest BCUT2D eigenvalue weighted by Crippen LogP contribution is 2.19. The molecule has 0 aromatic heterocycles. The van der Waals surface area contributed by atoms with Crippen LogP contribution in [0.4, 0.5) is 0 Å². The van der Waals surface area contributed by atoms with Crippen LogP contribution in [0.3, 0.4) is 0 Å². The van der Waals surface area contributed by atoms with Crippen molar-refractivity contribution < 1.29 is 14.3 Å². The minimum Gasteiger partial charge on any atom is -0.497 e.